The molecule has 0 bridgehead atoms. The van der Waals surface area contributed by atoms with Crippen LogP contribution in [0.3, 0.4) is 0 Å². The molecular formula is C76H43N5O3. The first-order valence-corrected chi connectivity index (χ1v) is 28.4. The molecular weight excluding hydrogens is 1030 g/mol. The second-order valence-electron chi connectivity index (χ2n) is 22.1. The molecule has 0 unspecified atom stereocenters. The van der Waals surface area contributed by atoms with E-state index in [-0.39, 0.29) is 0 Å². The highest BCUT2D eigenvalue weighted by Gasteiger charge is 2.24. The van der Waals surface area contributed by atoms with Gasteiger partial charge in [-0.2, -0.15) is 9.97 Å². The predicted molar refractivity (Wildman–Crippen MR) is 343 cm³/mol. The number of fused-ring (bicyclic) bond motifs is 18. The molecule has 0 radical (unpaired) electrons. The van der Waals surface area contributed by atoms with Crippen molar-refractivity contribution in [1.82, 2.24) is 23.7 Å². The molecule has 0 atom stereocenters. The van der Waals surface area contributed by atoms with Gasteiger partial charge in [-0.05, 0) is 143 Å². The molecule has 7 aromatic heterocycles. The van der Waals surface area contributed by atoms with Crippen LogP contribution in [0.1, 0.15) is 0 Å². The summed E-state index contributed by atoms with van der Waals surface area (Å²) in [5, 5.41) is 13.3. The number of rotatable bonds is 6. The highest BCUT2D eigenvalue weighted by molar-refractivity contribution is 6.15. The number of hydrogen-bond donors (Lipinski definition) is 0. The van der Waals surface area contributed by atoms with E-state index in [4.69, 9.17) is 23.2 Å². The third-order valence-corrected chi connectivity index (χ3v) is 17.5. The zero-order chi connectivity index (χ0) is 54.7. The minimum Gasteiger partial charge on any atom is -0.456 e. The molecule has 0 saturated carbocycles. The molecule has 8 nitrogen and oxygen atoms in total. The van der Waals surface area contributed by atoms with Crippen molar-refractivity contribution in [2.75, 3.05) is 0 Å². The lowest BCUT2D eigenvalue weighted by Crippen LogP contribution is -2.10. The molecule has 84 heavy (non-hydrogen) atoms. The Bertz CT molecular complexity index is 5430. The van der Waals surface area contributed by atoms with Crippen molar-refractivity contribution in [1.29, 1.82) is 0 Å². The van der Waals surface area contributed by atoms with Crippen LogP contribution in [0.25, 0.3) is 182 Å². The molecule has 8 heteroatoms. The van der Waals surface area contributed by atoms with Crippen molar-refractivity contribution in [3.05, 3.63) is 261 Å². The van der Waals surface area contributed by atoms with E-state index in [0.717, 1.165) is 176 Å². The molecule has 0 aliphatic carbocycles. The molecule has 12 aromatic carbocycles. The van der Waals surface area contributed by atoms with Crippen molar-refractivity contribution in [3.63, 3.8) is 0 Å². The summed E-state index contributed by atoms with van der Waals surface area (Å²) < 4.78 is 25.7. The van der Waals surface area contributed by atoms with Crippen LogP contribution >= 0.6 is 0 Å². The van der Waals surface area contributed by atoms with Crippen LogP contribution in [0.5, 0.6) is 0 Å². The van der Waals surface area contributed by atoms with Crippen molar-refractivity contribution >= 4 is 131 Å². The SMILES string of the molecule is c1ccc2c(c1)oc1ccc(-c3ccc4c(c3)c3ccccc3n4-c3cc(-n4c5ccccc5c5cc(-c6ccc7oc8ccccc8c7c6)ccc54)nc(-n4c5ccccc5c5cc(-c6ccc7oc8ccccc8c7c6)ccc54)n3)cc12. The van der Waals surface area contributed by atoms with E-state index >= 15 is 0 Å². The van der Waals surface area contributed by atoms with Gasteiger partial charge in [0.15, 0.2) is 0 Å². The van der Waals surface area contributed by atoms with Crippen LogP contribution in [0.15, 0.2) is 274 Å². The summed E-state index contributed by atoms with van der Waals surface area (Å²) >= 11 is 0. The average molecular weight is 1070 g/mol. The number of para-hydroxylation sites is 6. The highest BCUT2D eigenvalue weighted by atomic mass is 16.3. The summed E-state index contributed by atoms with van der Waals surface area (Å²) in [6.07, 6.45) is 0. The van der Waals surface area contributed by atoms with Crippen LogP contribution in [0.4, 0.5) is 0 Å². The maximum absolute atomic E-state index is 6.26. The van der Waals surface area contributed by atoms with E-state index < -0.39 is 0 Å². The van der Waals surface area contributed by atoms with Crippen molar-refractivity contribution in [2.45, 2.75) is 0 Å². The Balaban J connectivity index is 0.841. The smallest absolute Gasteiger partial charge is 0.238 e. The first-order chi connectivity index (χ1) is 41.6. The van der Waals surface area contributed by atoms with E-state index in [1.807, 2.05) is 36.4 Å². The summed E-state index contributed by atoms with van der Waals surface area (Å²) in [7, 11) is 0. The van der Waals surface area contributed by atoms with Crippen LogP contribution in [0, 0.1) is 0 Å². The van der Waals surface area contributed by atoms with Crippen LogP contribution < -0.4 is 0 Å². The van der Waals surface area contributed by atoms with Gasteiger partial charge in [-0.25, -0.2) is 0 Å². The first-order valence-electron chi connectivity index (χ1n) is 28.4. The van der Waals surface area contributed by atoms with Gasteiger partial charge in [0, 0.05) is 70.7 Å². The van der Waals surface area contributed by atoms with Gasteiger partial charge in [0.05, 0.1) is 33.1 Å². The topological polar surface area (TPSA) is 80.0 Å². The third kappa shape index (κ3) is 6.53. The molecule has 0 fully saturated rings. The molecule has 19 aromatic rings. The van der Waals surface area contributed by atoms with Crippen molar-refractivity contribution in [2.24, 2.45) is 0 Å². The Labute approximate surface area is 477 Å². The lowest BCUT2D eigenvalue weighted by molar-refractivity contribution is 0.668. The van der Waals surface area contributed by atoms with Crippen LogP contribution in [-0.4, -0.2) is 23.7 Å². The van der Waals surface area contributed by atoms with Gasteiger partial charge in [-0.3, -0.25) is 13.7 Å². The fraction of sp³-hybridized carbons (Fsp3) is 0. The van der Waals surface area contributed by atoms with Gasteiger partial charge in [0.25, 0.3) is 0 Å². The number of nitrogens with zero attached hydrogens (tertiary/aromatic N) is 5. The maximum Gasteiger partial charge on any atom is 0.238 e. The molecule has 0 N–H and O–H groups in total. The number of benzene rings is 12. The van der Waals surface area contributed by atoms with Gasteiger partial charge in [-0.1, -0.05) is 146 Å². The first kappa shape index (κ1) is 45.3. The zero-order valence-corrected chi connectivity index (χ0v) is 44.8. The number of aromatic nitrogens is 5. The van der Waals surface area contributed by atoms with Gasteiger partial charge < -0.3 is 13.3 Å². The van der Waals surface area contributed by atoms with E-state index in [1.54, 1.807) is 0 Å². The van der Waals surface area contributed by atoms with E-state index in [1.165, 1.54) is 0 Å². The second kappa shape index (κ2) is 17.0. The van der Waals surface area contributed by atoms with E-state index in [2.05, 4.69) is 238 Å². The standard InChI is InChI=1S/C76H43N5O3/c1-7-19-62-50(13-1)56-37-44(47-28-34-71-59(40-47)53-16-4-10-22-68(53)82-71)25-31-65(56)79(62)74-43-75(80-63-20-8-2-14-51(63)57-38-45(26-32-66(57)80)48-29-35-72-60(41-48)54-17-5-11-23-69(54)83-72)78-76(77-74)81-64-21-9-3-15-52(64)58-39-46(27-33-67(58)81)49-30-36-73-61(42-49)55-18-6-12-24-70(55)84-73/h1-43H. The lowest BCUT2D eigenvalue weighted by atomic mass is 10.0. The molecule has 0 saturated heterocycles. The van der Waals surface area contributed by atoms with Gasteiger partial charge >= 0.3 is 0 Å². The largest absolute Gasteiger partial charge is 0.456 e. The molecule has 7 heterocycles. The summed E-state index contributed by atoms with van der Waals surface area (Å²) in [6, 6.07) is 92.9. The fourth-order valence-electron chi connectivity index (χ4n) is 13.6. The number of furan rings is 3. The quantitative estimate of drug-likeness (QED) is 0.166. The maximum atomic E-state index is 6.26. The van der Waals surface area contributed by atoms with E-state index in [0.29, 0.717) is 5.95 Å². The van der Waals surface area contributed by atoms with Gasteiger partial charge in [-0.15, -0.1) is 0 Å². The summed E-state index contributed by atoms with van der Waals surface area (Å²) in [6.45, 7) is 0. The Morgan fingerprint density at radius 3 is 0.833 bits per heavy atom. The monoisotopic (exact) mass is 1070 g/mol. The van der Waals surface area contributed by atoms with Crippen molar-refractivity contribution in [3.8, 4) is 51.0 Å². The molecule has 19 rings (SSSR count). The molecule has 0 aliphatic heterocycles. The highest BCUT2D eigenvalue weighted by Crippen LogP contribution is 2.43. The van der Waals surface area contributed by atoms with Crippen molar-refractivity contribution < 1.29 is 13.3 Å². The normalized spacial score (nSPS) is 12.3. The number of hydrogen-bond acceptors (Lipinski definition) is 5. The summed E-state index contributed by atoms with van der Waals surface area (Å²) in [4.78, 5) is 11.5. The van der Waals surface area contributed by atoms with Crippen LogP contribution in [-0.2, 0) is 0 Å². The summed E-state index contributed by atoms with van der Waals surface area (Å²) in [5.74, 6) is 2.04. The summed E-state index contributed by atoms with van der Waals surface area (Å²) in [5.41, 5.74) is 18.2. The zero-order valence-electron chi connectivity index (χ0n) is 44.8. The van der Waals surface area contributed by atoms with Gasteiger partial charge in [0.1, 0.15) is 45.1 Å². The Kier molecular flexibility index (Phi) is 9.18. The minimum atomic E-state index is 0.555. The Morgan fingerprint density at radius 1 is 0.202 bits per heavy atom. The fourth-order valence-corrected chi connectivity index (χ4v) is 13.6. The minimum absolute atomic E-state index is 0.555. The molecule has 390 valence electrons. The molecule has 0 amide bonds. The predicted octanol–water partition coefficient (Wildman–Crippen LogP) is 20.5. The lowest BCUT2D eigenvalue weighted by Gasteiger charge is -2.15. The molecule has 0 aliphatic rings. The molecule has 0 spiro atoms. The van der Waals surface area contributed by atoms with Gasteiger partial charge in [0.2, 0.25) is 5.95 Å². The average Bonchev–Trinajstić information content (AvgIpc) is 4.60. The Morgan fingerprint density at radius 2 is 0.464 bits per heavy atom. The van der Waals surface area contributed by atoms with E-state index in [9.17, 15) is 0 Å². The third-order valence-electron chi connectivity index (χ3n) is 17.5. The van der Waals surface area contributed by atoms with Crippen LogP contribution in [0.2, 0.25) is 0 Å². The Hall–Kier alpha value is -11.5. The second-order valence-corrected chi connectivity index (χ2v) is 22.1.